The molecule has 0 spiro atoms. The van der Waals surface area contributed by atoms with Crippen molar-refractivity contribution in [3.05, 3.63) is 54.0 Å². The lowest BCUT2D eigenvalue weighted by Crippen LogP contribution is -2.50. The standard InChI is InChI=1S/C16H16FN3O2/c17-13-4-1-5-14(7-13)22-16-11(3-2-6-19-16)10-20-15(21)12-8-18-9-12/h1-7,12,18H,8-10H2,(H,20,21). The normalized spacial score (nSPS) is 14.2. The summed E-state index contributed by atoms with van der Waals surface area (Å²) in [6, 6.07) is 9.45. The number of benzene rings is 1. The topological polar surface area (TPSA) is 63.2 Å². The van der Waals surface area contributed by atoms with Crippen LogP contribution in [0.2, 0.25) is 0 Å². The van der Waals surface area contributed by atoms with Gasteiger partial charge in [-0.3, -0.25) is 4.79 Å². The zero-order valence-electron chi connectivity index (χ0n) is 11.9. The number of halogens is 1. The van der Waals surface area contributed by atoms with E-state index < -0.39 is 0 Å². The molecule has 1 aliphatic rings. The van der Waals surface area contributed by atoms with Gasteiger partial charge in [-0.25, -0.2) is 9.37 Å². The molecule has 0 aliphatic carbocycles. The number of carbonyl (C=O) groups is 1. The molecule has 22 heavy (non-hydrogen) atoms. The predicted molar refractivity (Wildman–Crippen MR) is 78.9 cm³/mol. The zero-order chi connectivity index (χ0) is 15.4. The van der Waals surface area contributed by atoms with Crippen molar-refractivity contribution in [1.82, 2.24) is 15.6 Å². The molecule has 0 unspecified atom stereocenters. The molecule has 0 bridgehead atoms. The van der Waals surface area contributed by atoms with Gasteiger partial charge in [0.15, 0.2) is 0 Å². The number of ether oxygens (including phenoxy) is 1. The van der Waals surface area contributed by atoms with Crippen LogP contribution in [-0.2, 0) is 11.3 Å². The summed E-state index contributed by atoms with van der Waals surface area (Å²) in [7, 11) is 0. The van der Waals surface area contributed by atoms with Crippen LogP contribution in [0.3, 0.4) is 0 Å². The van der Waals surface area contributed by atoms with Crippen molar-refractivity contribution in [2.45, 2.75) is 6.54 Å². The van der Waals surface area contributed by atoms with E-state index in [4.69, 9.17) is 4.74 Å². The number of hydrogen-bond donors (Lipinski definition) is 2. The summed E-state index contributed by atoms with van der Waals surface area (Å²) in [6.07, 6.45) is 1.59. The van der Waals surface area contributed by atoms with Crippen LogP contribution in [0.15, 0.2) is 42.6 Å². The van der Waals surface area contributed by atoms with E-state index in [-0.39, 0.29) is 17.6 Å². The fourth-order valence-electron chi connectivity index (χ4n) is 2.09. The Kier molecular flexibility index (Phi) is 4.29. The van der Waals surface area contributed by atoms with Crippen LogP contribution in [0.4, 0.5) is 4.39 Å². The van der Waals surface area contributed by atoms with E-state index in [1.54, 1.807) is 24.4 Å². The highest BCUT2D eigenvalue weighted by atomic mass is 19.1. The first-order chi connectivity index (χ1) is 10.7. The highest BCUT2D eigenvalue weighted by Gasteiger charge is 2.24. The molecular formula is C16H16FN3O2. The Hall–Kier alpha value is -2.47. The predicted octanol–water partition coefficient (Wildman–Crippen LogP) is 1.85. The number of amides is 1. The molecule has 2 heterocycles. The number of rotatable bonds is 5. The third kappa shape index (κ3) is 3.40. The van der Waals surface area contributed by atoms with Crippen LogP contribution in [0.25, 0.3) is 0 Å². The summed E-state index contributed by atoms with van der Waals surface area (Å²) < 4.78 is 18.8. The van der Waals surface area contributed by atoms with E-state index in [1.165, 1.54) is 12.1 Å². The van der Waals surface area contributed by atoms with Gasteiger partial charge in [-0.15, -0.1) is 0 Å². The Morgan fingerprint density at radius 1 is 1.36 bits per heavy atom. The van der Waals surface area contributed by atoms with Crippen LogP contribution >= 0.6 is 0 Å². The first-order valence-corrected chi connectivity index (χ1v) is 7.08. The number of carbonyl (C=O) groups excluding carboxylic acids is 1. The van der Waals surface area contributed by atoms with Gasteiger partial charge in [0.25, 0.3) is 0 Å². The molecule has 6 heteroatoms. The summed E-state index contributed by atoms with van der Waals surface area (Å²) in [5.41, 5.74) is 0.743. The van der Waals surface area contributed by atoms with Crippen LogP contribution in [-0.4, -0.2) is 24.0 Å². The molecule has 2 N–H and O–H groups in total. The zero-order valence-corrected chi connectivity index (χ0v) is 11.9. The lowest BCUT2D eigenvalue weighted by molar-refractivity contribution is -0.126. The van der Waals surface area contributed by atoms with Gasteiger partial charge in [-0.1, -0.05) is 12.1 Å². The van der Waals surface area contributed by atoms with E-state index >= 15 is 0 Å². The lowest BCUT2D eigenvalue weighted by Gasteiger charge is -2.25. The average Bonchev–Trinajstić information content (AvgIpc) is 2.44. The highest BCUT2D eigenvalue weighted by Crippen LogP contribution is 2.23. The van der Waals surface area contributed by atoms with Crippen LogP contribution < -0.4 is 15.4 Å². The minimum Gasteiger partial charge on any atom is -0.439 e. The Morgan fingerprint density at radius 2 is 2.23 bits per heavy atom. The fourth-order valence-corrected chi connectivity index (χ4v) is 2.09. The van der Waals surface area contributed by atoms with Crippen LogP contribution in [0.5, 0.6) is 11.6 Å². The average molecular weight is 301 g/mol. The van der Waals surface area contributed by atoms with E-state index in [1.807, 2.05) is 6.07 Å². The minimum atomic E-state index is -0.374. The maximum absolute atomic E-state index is 13.2. The third-order valence-corrected chi connectivity index (χ3v) is 3.47. The summed E-state index contributed by atoms with van der Waals surface area (Å²) in [5.74, 6) is 0.402. The van der Waals surface area contributed by atoms with Crippen LogP contribution in [0.1, 0.15) is 5.56 Å². The van der Waals surface area contributed by atoms with Gasteiger partial charge in [-0.2, -0.15) is 0 Å². The van der Waals surface area contributed by atoms with Gasteiger partial charge in [0, 0.05) is 37.5 Å². The quantitative estimate of drug-likeness (QED) is 0.884. The van der Waals surface area contributed by atoms with Gasteiger partial charge in [0.1, 0.15) is 11.6 Å². The smallest absolute Gasteiger partial charge is 0.225 e. The Morgan fingerprint density at radius 3 is 2.95 bits per heavy atom. The molecule has 1 aliphatic heterocycles. The fraction of sp³-hybridized carbons (Fsp3) is 0.250. The molecule has 0 atom stereocenters. The molecule has 3 rings (SSSR count). The van der Waals surface area contributed by atoms with Gasteiger partial charge >= 0.3 is 0 Å². The molecule has 1 fully saturated rings. The van der Waals surface area contributed by atoms with Gasteiger partial charge in [-0.05, 0) is 18.2 Å². The minimum absolute atomic E-state index is 0.0132. The maximum atomic E-state index is 13.2. The molecule has 114 valence electrons. The molecule has 1 aromatic carbocycles. The molecule has 5 nitrogen and oxygen atoms in total. The molecule has 1 amide bonds. The Labute approximate surface area is 127 Å². The summed E-state index contributed by atoms with van der Waals surface area (Å²) in [4.78, 5) is 16.0. The van der Waals surface area contributed by atoms with Gasteiger partial charge in [0.05, 0.1) is 5.92 Å². The van der Waals surface area contributed by atoms with Gasteiger partial charge in [0.2, 0.25) is 11.8 Å². The van der Waals surface area contributed by atoms with Crippen LogP contribution in [0, 0.1) is 11.7 Å². The van der Waals surface area contributed by atoms with Gasteiger partial charge < -0.3 is 15.4 Å². The molecular weight excluding hydrogens is 285 g/mol. The second kappa shape index (κ2) is 6.53. The van der Waals surface area contributed by atoms with Crippen molar-refractivity contribution in [3.8, 4) is 11.6 Å². The number of hydrogen-bond acceptors (Lipinski definition) is 4. The Bertz CT molecular complexity index is 674. The molecule has 1 saturated heterocycles. The number of nitrogens with zero attached hydrogens (tertiary/aromatic N) is 1. The van der Waals surface area contributed by atoms with Crippen molar-refractivity contribution < 1.29 is 13.9 Å². The second-order valence-corrected chi connectivity index (χ2v) is 5.10. The largest absolute Gasteiger partial charge is 0.439 e. The van der Waals surface area contributed by atoms with E-state index in [2.05, 4.69) is 15.6 Å². The van der Waals surface area contributed by atoms with Crippen molar-refractivity contribution in [2.24, 2.45) is 5.92 Å². The first kappa shape index (κ1) is 14.5. The number of nitrogens with one attached hydrogen (secondary N) is 2. The van der Waals surface area contributed by atoms with E-state index in [0.29, 0.717) is 31.3 Å². The maximum Gasteiger partial charge on any atom is 0.225 e. The summed E-state index contributed by atoms with van der Waals surface area (Å²) in [5, 5.41) is 5.92. The van der Waals surface area contributed by atoms with E-state index in [0.717, 1.165) is 5.56 Å². The number of pyridine rings is 1. The monoisotopic (exact) mass is 301 g/mol. The second-order valence-electron chi connectivity index (χ2n) is 5.10. The highest BCUT2D eigenvalue weighted by molar-refractivity contribution is 5.80. The third-order valence-electron chi connectivity index (χ3n) is 3.47. The molecule has 0 saturated carbocycles. The van der Waals surface area contributed by atoms with E-state index in [9.17, 15) is 9.18 Å². The van der Waals surface area contributed by atoms with Crippen molar-refractivity contribution >= 4 is 5.91 Å². The molecule has 2 aromatic rings. The molecule has 0 radical (unpaired) electrons. The first-order valence-electron chi connectivity index (χ1n) is 7.08. The Balaban J connectivity index is 1.68. The lowest BCUT2D eigenvalue weighted by atomic mass is 10.0. The summed E-state index contributed by atoms with van der Waals surface area (Å²) in [6.45, 7) is 1.75. The molecule has 1 aromatic heterocycles. The summed E-state index contributed by atoms with van der Waals surface area (Å²) >= 11 is 0. The van der Waals surface area contributed by atoms with Crippen molar-refractivity contribution in [2.75, 3.05) is 13.1 Å². The SMILES string of the molecule is O=C(NCc1cccnc1Oc1cccc(F)c1)C1CNC1. The van der Waals surface area contributed by atoms with Crippen molar-refractivity contribution in [3.63, 3.8) is 0 Å². The van der Waals surface area contributed by atoms with Crippen molar-refractivity contribution in [1.29, 1.82) is 0 Å². The number of aromatic nitrogens is 1.